The maximum atomic E-state index is 11.6. The molecule has 1 heterocycles. The highest BCUT2D eigenvalue weighted by Crippen LogP contribution is 2.19. The van der Waals surface area contributed by atoms with Crippen LogP contribution >= 0.6 is 0 Å². The number of anilines is 1. The molecule has 1 aromatic heterocycles. The maximum Gasteiger partial charge on any atom is 0.274 e. The minimum Gasteiger partial charge on any atom is -0.398 e. The molecule has 0 aliphatic carbocycles. The van der Waals surface area contributed by atoms with Gasteiger partial charge in [-0.2, -0.15) is 0 Å². The Morgan fingerprint density at radius 3 is 2.79 bits per heavy atom. The highest BCUT2D eigenvalue weighted by Gasteiger charge is 2.10. The van der Waals surface area contributed by atoms with Crippen molar-refractivity contribution < 1.29 is 0 Å². The first-order valence-corrected chi connectivity index (χ1v) is 4.60. The van der Waals surface area contributed by atoms with E-state index in [0.29, 0.717) is 11.1 Å². The summed E-state index contributed by atoms with van der Waals surface area (Å²) >= 11 is 0. The van der Waals surface area contributed by atoms with Crippen molar-refractivity contribution in [2.24, 2.45) is 0 Å². The van der Waals surface area contributed by atoms with Gasteiger partial charge < -0.3 is 5.73 Å². The molecule has 0 aliphatic rings. The first-order valence-electron chi connectivity index (χ1n) is 4.60. The van der Waals surface area contributed by atoms with E-state index < -0.39 is 0 Å². The molecule has 14 heavy (non-hydrogen) atoms. The third kappa shape index (κ3) is 1.11. The minimum atomic E-state index is -0.119. The Labute approximate surface area is 81.3 Å². The van der Waals surface area contributed by atoms with E-state index in [1.54, 1.807) is 6.07 Å². The number of aromatic amines is 1. The molecule has 0 aliphatic heterocycles. The molecule has 0 radical (unpaired) electrons. The Balaban J connectivity index is 2.91. The van der Waals surface area contributed by atoms with Gasteiger partial charge in [-0.15, -0.1) is 0 Å². The highest BCUT2D eigenvalue weighted by atomic mass is 16.1. The Morgan fingerprint density at radius 1 is 1.43 bits per heavy atom. The molecule has 2 aromatic rings. The van der Waals surface area contributed by atoms with Gasteiger partial charge in [0.05, 0.1) is 10.9 Å². The number of nitrogens with two attached hydrogens (primary N) is 1. The number of H-pyrrole nitrogens is 1. The van der Waals surface area contributed by atoms with Gasteiger partial charge in [-0.05, 0) is 26.0 Å². The third-order valence-corrected chi connectivity index (χ3v) is 2.30. The smallest absolute Gasteiger partial charge is 0.274 e. The molecule has 4 nitrogen and oxygen atoms in total. The summed E-state index contributed by atoms with van der Waals surface area (Å²) < 4.78 is 1.83. The highest BCUT2D eigenvalue weighted by molar-refractivity contribution is 5.89. The van der Waals surface area contributed by atoms with Gasteiger partial charge in [0.2, 0.25) is 0 Å². The van der Waals surface area contributed by atoms with Crippen molar-refractivity contribution in [1.82, 2.24) is 9.78 Å². The number of nitrogens with one attached hydrogen (secondary N) is 1. The first-order chi connectivity index (χ1) is 6.61. The molecule has 0 fully saturated rings. The van der Waals surface area contributed by atoms with Gasteiger partial charge in [-0.25, -0.2) is 0 Å². The van der Waals surface area contributed by atoms with Crippen molar-refractivity contribution in [1.29, 1.82) is 0 Å². The number of hydrogen-bond acceptors (Lipinski definition) is 2. The van der Waals surface area contributed by atoms with Gasteiger partial charge in [0.1, 0.15) is 0 Å². The molecule has 0 bridgehead atoms. The fourth-order valence-electron chi connectivity index (χ4n) is 1.64. The standard InChI is InChI=1S/C10H13N3O/c1-6(2)13-8-5-3-4-7(11)9(8)10(14)12-13/h3-6H,11H2,1-2H3,(H,12,14). The van der Waals surface area contributed by atoms with E-state index in [4.69, 9.17) is 5.73 Å². The van der Waals surface area contributed by atoms with Crippen LogP contribution in [0.25, 0.3) is 10.9 Å². The zero-order valence-electron chi connectivity index (χ0n) is 8.24. The molecule has 4 heteroatoms. The zero-order valence-corrected chi connectivity index (χ0v) is 8.24. The molecular formula is C10H13N3O. The summed E-state index contributed by atoms with van der Waals surface area (Å²) in [7, 11) is 0. The molecule has 1 aromatic carbocycles. The number of nitrogen functional groups attached to an aromatic ring is 1. The topological polar surface area (TPSA) is 63.8 Å². The number of rotatable bonds is 1. The van der Waals surface area contributed by atoms with E-state index in [-0.39, 0.29) is 11.6 Å². The Kier molecular flexibility index (Phi) is 1.84. The second-order valence-electron chi connectivity index (χ2n) is 3.65. The van der Waals surface area contributed by atoms with Crippen LogP contribution in [-0.4, -0.2) is 9.78 Å². The molecule has 0 spiro atoms. The fraction of sp³-hybridized carbons (Fsp3) is 0.300. The van der Waals surface area contributed by atoms with Crippen LogP contribution in [0.4, 0.5) is 5.69 Å². The van der Waals surface area contributed by atoms with E-state index in [1.807, 2.05) is 30.7 Å². The summed E-state index contributed by atoms with van der Waals surface area (Å²) in [6, 6.07) is 5.71. The van der Waals surface area contributed by atoms with E-state index >= 15 is 0 Å². The van der Waals surface area contributed by atoms with E-state index in [1.165, 1.54) is 0 Å². The van der Waals surface area contributed by atoms with Crippen molar-refractivity contribution >= 4 is 16.6 Å². The van der Waals surface area contributed by atoms with Gasteiger partial charge in [-0.3, -0.25) is 14.6 Å². The van der Waals surface area contributed by atoms with E-state index in [2.05, 4.69) is 5.10 Å². The molecule has 0 saturated carbocycles. The monoisotopic (exact) mass is 191 g/mol. The Hall–Kier alpha value is -1.71. The summed E-state index contributed by atoms with van der Waals surface area (Å²) in [5, 5.41) is 3.36. The van der Waals surface area contributed by atoms with Crippen molar-refractivity contribution in [3.8, 4) is 0 Å². The minimum absolute atomic E-state index is 0.119. The number of hydrogen-bond donors (Lipinski definition) is 2. The van der Waals surface area contributed by atoms with Gasteiger partial charge in [0.25, 0.3) is 5.56 Å². The third-order valence-electron chi connectivity index (χ3n) is 2.30. The second-order valence-corrected chi connectivity index (χ2v) is 3.65. The molecule has 2 rings (SSSR count). The molecule has 0 saturated heterocycles. The molecular weight excluding hydrogens is 178 g/mol. The van der Waals surface area contributed by atoms with Gasteiger partial charge >= 0.3 is 0 Å². The van der Waals surface area contributed by atoms with Crippen molar-refractivity contribution in [3.63, 3.8) is 0 Å². The van der Waals surface area contributed by atoms with Crippen LogP contribution in [0.1, 0.15) is 19.9 Å². The maximum absolute atomic E-state index is 11.6. The quantitative estimate of drug-likeness (QED) is 0.671. The molecule has 3 N–H and O–H groups in total. The van der Waals surface area contributed by atoms with E-state index in [0.717, 1.165) is 5.52 Å². The fourth-order valence-corrected chi connectivity index (χ4v) is 1.64. The zero-order chi connectivity index (χ0) is 10.3. The molecule has 0 atom stereocenters. The predicted molar refractivity (Wildman–Crippen MR) is 57.4 cm³/mol. The summed E-state index contributed by atoms with van der Waals surface area (Å²) in [6.45, 7) is 4.02. The van der Waals surface area contributed by atoms with Crippen LogP contribution in [0.2, 0.25) is 0 Å². The second kappa shape index (κ2) is 2.90. The van der Waals surface area contributed by atoms with Crippen LogP contribution in [0.3, 0.4) is 0 Å². The summed E-state index contributed by atoms with van der Waals surface area (Å²) in [6.07, 6.45) is 0. The lowest BCUT2D eigenvalue weighted by atomic mass is 10.2. The van der Waals surface area contributed by atoms with Gasteiger partial charge in [0, 0.05) is 11.7 Å². The van der Waals surface area contributed by atoms with Crippen LogP contribution < -0.4 is 11.3 Å². The largest absolute Gasteiger partial charge is 0.398 e. The van der Waals surface area contributed by atoms with Gasteiger partial charge in [-0.1, -0.05) is 6.07 Å². The Morgan fingerprint density at radius 2 is 2.14 bits per heavy atom. The predicted octanol–water partition coefficient (Wildman–Crippen LogP) is 1.49. The molecule has 74 valence electrons. The number of benzene rings is 1. The van der Waals surface area contributed by atoms with Crippen LogP contribution in [0.5, 0.6) is 0 Å². The molecule has 0 unspecified atom stereocenters. The summed E-state index contributed by atoms with van der Waals surface area (Å²) in [5.41, 5.74) is 7.01. The lowest BCUT2D eigenvalue weighted by Crippen LogP contribution is -2.07. The van der Waals surface area contributed by atoms with Crippen LogP contribution in [-0.2, 0) is 0 Å². The normalized spacial score (nSPS) is 11.4. The average molecular weight is 191 g/mol. The summed E-state index contributed by atoms with van der Waals surface area (Å²) in [4.78, 5) is 11.6. The van der Waals surface area contributed by atoms with Crippen molar-refractivity contribution in [2.75, 3.05) is 5.73 Å². The summed E-state index contributed by atoms with van der Waals surface area (Å²) in [5.74, 6) is 0. The van der Waals surface area contributed by atoms with Crippen molar-refractivity contribution in [3.05, 3.63) is 28.6 Å². The van der Waals surface area contributed by atoms with Crippen LogP contribution in [0, 0.1) is 0 Å². The lowest BCUT2D eigenvalue weighted by Gasteiger charge is -2.07. The number of nitrogens with zero attached hydrogens (tertiary/aromatic N) is 1. The first kappa shape index (κ1) is 8.87. The number of fused-ring (bicyclic) bond motifs is 1. The Bertz CT molecular complexity index is 522. The SMILES string of the molecule is CC(C)n1[nH]c(=O)c2c(N)cccc21. The van der Waals surface area contributed by atoms with Crippen molar-refractivity contribution in [2.45, 2.75) is 19.9 Å². The van der Waals surface area contributed by atoms with Gasteiger partial charge in [0.15, 0.2) is 0 Å². The lowest BCUT2D eigenvalue weighted by molar-refractivity contribution is 0.546. The average Bonchev–Trinajstić information content (AvgIpc) is 2.45. The van der Waals surface area contributed by atoms with E-state index in [9.17, 15) is 4.79 Å². The number of aromatic nitrogens is 2. The van der Waals surface area contributed by atoms with Crippen LogP contribution in [0.15, 0.2) is 23.0 Å². The molecule has 0 amide bonds.